The van der Waals surface area contributed by atoms with E-state index in [0.717, 1.165) is 30.7 Å². The molecule has 2 aromatic rings. The van der Waals surface area contributed by atoms with E-state index in [9.17, 15) is 0 Å². The molecule has 0 saturated carbocycles. The van der Waals surface area contributed by atoms with E-state index < -0.39 is 0 Å². The highest BCUT2D eigenvalue weighted by Gasteiger charge is 2.04. The molecule has 1 atom stereocenters. The minimum Gasteiger partial charge on any atom is -0.368 e. The molecule has 1 unspecified atom stereocenters. The van der Waals surface area contributed by atoms with Gasteiger partial charge in [-0.25, -0.2) is 15.0 Å². The van der Waals surface area contributed by atoms with Crippen molar-refractivity contribution >= 4 is 28.6 Å². The Morgan fingerprint density at radius 1 is 1.44 bits per heavy atom. The lowest BCUT2D eigenvalue weighted by Crippen LogP contribution is -2.06. The van der Waals surface area contributed by atoms with E-state index in [0.29, 0.717) is 5.65 Å². The largest absolute Gasteiger partial charge is 0.368 e. The van der Waals surface area contributed by atoms with Gasteiger partial charge < -0.3 is 10.3 Å². The molecule has 0 spiro atoms. The number of hydrogen-bond acceptors (Lipinski definition) is 4. The van der Waals surface area contributed by atoms with Gasteiger partial charge >= 0.3 is 0 Å². The fourth-order valence-corrected chi connectivity index (χ4v) is 1.64. The molecule has 0 amide bonds. The summed E-state index contributed by atoms with van der Waals surface area (Å²) in [7, 11) is 0. The SMILES string of the molecule is CC(Cl)CCCNc1ncnc2nc[nH]c12. The maximum Gasteiger partial charge on any atom is 0.182 e. The first kappa shape index (κ1) is 11.1. The Kier molecular flexibility index (Phi) is 3.56. The third kappa shape index (κ3) is 2.61. The summed E-state index contributed by atoms with van der Waals surface area (Å²) in [6.45, 7) is 2.85. The number of nitrogens with zero attached hydrogens (tertiary/aromatic N) is 3. The lowest BCUT2D eigenvalue weighted by atomic mass is 10.2. The highest BCUT2D eigenvalue weighted by molar-refractivity contribution is 6.20. The van der Waals surface area contributed by atoms with Crippen LogP contribution in [-0.4, -0.2) is 31.9 Å². The predicted octanol–water partition coefficient (Wildman–Crippen LogP) is 2.17. The molecule has 2 aromatic heterocycles. The second-order valence-corrected chi connectivity index (χ2v) is 4.42. The first-order valence-electron chi connectivity index (χ1n) is 5.29. The standard InChI is InChI=1S/C10H14ClN5/c1-7(11)3-2-4-12-9-8-10(14-5-13-8)16-6-15-9/h5-7H,2-4H2,1H3,(H2,12,13,14,15,16). The van der Waals surface area contributed by atoms with Crippen molar-refractivity contribution in [3.05, 3.63) is 12.7 Å². The smallest absolute Gasteiger partial charge is 0.182 e. The van der Waals surface area contributed by atoms with Gasteiger partial charge in [0.25, 0.3) is 0 Å². The van der Waals surface area contributed by atoms with Crippen molar-refractivity contribution in [1.29, 1.82) is 0 Å². The Balaban J connectivity index is 1.96. The van der Waals surface area contributed by atoms with Gasteiger partial charge in [-0.2, -0.15) is 0 Å². The van der Waals surface area contributed by atoms with Crippen LogP contribution in [0.25, 0.3) is 11.2 Å². The molecule has 2 heterocycles. The van der Waals surface area contributed by atoms with Crippen LogP contribution < -0.4 is 5.32 Å². The monoisotopic (exact) mass is 239 g/mol. The molecule has 0 aliphatic carbocycles. The highest BCUT2D eigenvalue weighted by Crippen LogP contribution is 2.14. The quantitative estimate of drug-likeness (QED) is 0.620. The van der Waals surface area contributed by atoms with Gasteiger partial charge in [-0.15, -0.1) is 11.6 Å². The van der Waals surface area contributed by atoms with E-state index in [1.54, 1.807) is 6.33 Å². The molecule has 0 aromatic carbocycles. The van der Waals surface area contributed by atoms with Crippen LogP contribution in [0.15, 0.2) is 12.7 Å². The number of halogens is 1. The average molecular weight is 240 g/mol. The van der Waals surface area contributed by atoms with Crippen LogP contribution in [-0.2, 0) is 0 Å². The minimum atomic E-state index is 0.222. The third-order valence-electron chi connectivity index (χ3n) is 2.29. The zero-order chi connectivity index (χ0) is 11.4. The van der Waals surface area contributed by atoms with Crippen molar-refractivity contribution < 1.29 is 0 Å². The average Bonchev–Trinajstić information content (AvgIpc) is 2.72. The molecule has 86 valence electrons. The minimum absolute atomic E-state index is 0.222. The fraction of sp³-hybridized carbons (Fsp3) is 0.500. The number of aromatic amines is 1. The van der Waals surface area contributed by atoms with Crippen LogP contribution in [0.3, 0.4) is 0 Å². The van der Waals surface area contributed by atoms with Crippen molar-refractivity contribution in [2.45, 2.75) is 25.1 Å². The first-order valence-corrected chi connectivity index (χ1v) is 5.73. The van der Waals surface area contributed by atoms with Crippen LogP contribution in [0.1, 0.15) is 19.8 Å². The van der Waals surface area contributed by atoms with Crippen LogP contribution in [0.4, 0.5) is 5.82 Å². The summed E-state index contributed by atoms with van der Waals surface area (Å²) in [5.41, 5.74) is 1.53. The van der Waals surface area contributed by atoms with Gasteiger partial charge in [0.05, 0.1) is 6.33 Å². The van der Waals surface area contributed by atoms with Crippen molar-refractivity contribution in [1.82, 2.24) is 19.9 Å². The summed E-state index contributed by atoms with van der Waals surface area (Å²) >= 11 is 5.87. The molecule has 0 aliphatic heterocycles. The summed E-state index contributed by atoms with van der Waals surface area (Å²) < 4.78 is 0. The van der Waals surface area contributed by atoms with Gasteiger partial charge in [0, 0.05) is 11.9 Å². The molecule has 2 rings (SSSR count). The molecule has 0 radical (unpaired) electrons. The second kappa shape index (κ2) is 5.12. The number of anilines is 1. The number of hydrogen-bond donors (Lipinski definition) is 2. The van der Waals surface area contributed by atoms with Crippen molar-refractivity contribution in [2.24, 2.45) is 0 Å². The Bertz CT molecular complexity index is 453. The van der Waals surface area contributed by atoms with Gasteiger partial charge in [-0.05, 0) is 19.8 Å². The number of nitrogens with one attached hydrogen (secondary N) is 2. The number of fused-ring (bicyclic) bond motifs is 1. The van der Waals surface area contributed by atoms with E-state index >= 15 is 0 Å². The fourth-order valence-electron chi connectivity index (χ4n) is 1.49. The summed E-state index contributed by atoms with van der Waals surface area (Å²) in [6.07, 6.45) is 5.14. The van der Waals surface area contributed by atoms with E-state index in [2.05, 4.69) is 25.3 Å². The van der Waals surface area contributed by atoms with Crippen molar-refractivity contribution in [3.63, 3.8) is 0 Å². The number of rotatable bonds is 5. The summed E-state index contributed by atoms with van der Waals surface area (Å²) in [5.74, 6) is 0.796. The van der Waals surface area contributed by atoms with Gasteiger partial charge in [-0.3, -0.25) is 0 Å². The van der Waals surface area contributed by atoms with Crippen molar-refractivity contribution in [3.8, 4) is 0 Å². The third-order valence-corrected chi connectivity index (χ3v) is 2.51. The predicted molar refractivity (Wildman–Crippen MR) is 64.7 cm³/mol. The van der Waals surface area contributed by atoms with Crippen LogP contribution >= 0.6 is 11.6 Å². The highest BCUT2D eigenvalue weighted by atomic mass is 35.5. The molecule has 0 aliphatic rings. The molecule has 0 bridgehead atoms. The molecular weight excluding hydrogens is 226 g/mol. The lowest BCUT2D eigenvalue weighted by Gasteiger charge is -2.06. The maximum absolute atomic E-state index is 5.87. The Labute approximate surface area is 98.7 Å². The molecule has 2 N–H and O–H groups in total. The molecule has 16 heavy (non-hydrogen) atoms. The van der Waals surface area contributed by atoms with Crippen molar-refractivity contribution in [2.75, 3.05) is 11.9 Å². The van der Waals surface area contributed by atoms with Gasteiger partial charge in [0.1, 0.15) is 11.8 Å². The van der Waals surface area contributed by atoms with Crippen LogP contribution in [0.5, 0.6) is 0 Å². The van der Waals surface area contributed by atoms with E-state index in [1.165, 1.54) is 6.33 Å². The summed E-state index contributed by atoms with van der Waals surface area (Å²) in [5, 5.41) is 3.47. The summed E-state index contributed by atoms with van der Waals surface area (Å²) in [6, 6.07) is 0. The maximum atomic E-state index is 5.87. The lowest BCUT2D eigenvalue weighted by molar-refractivity contribution is 0.749. The normalized spacial score (nSPS) is 12.9. The number of aromatic nitrogens is 4. The number of imidazole rings is 1. The zero-order valence-corrected chi connectivity index (χ0v) is 9.83. The molecule has 6 heteroatoms. The van der Waals surface area contributed by atoms with E-state index in [1.807, 2.05) is 6.92 Å². The summed E-state index contributed by atoms with van der Waals surface area (Å²) in [4.78, 5) is 15.3. The Morgan fingerprint density at radius 2 is 2.31 bits per heavy atom. The van der Waals surface area contributed by atoms with Crippen LogP contribution in [0.2, 0.25) is 0 Å². The molecular formula is C10H14ClN5. The molecule has 5 nitrogen and oxygen atoms in total. The Hall–Kier alpha value is -1.36. The first-order chi connectivity index (χ1) is 7.77. The van der Waals surface area contributed by atoms with Gasteiger partial charge in [0.15, 0.2) is 11.5 Å². The number of H-pyrrole nitrogens is 1. The molecule has 0 saturated heterocycles. The van der Waals surface area contributed by atoms with Crippen LogP contribution in [0, 0.1) is 0 Å². The number of alkyl halides is 1. The Morgan fingerprint density at radius 3 is 3.12 bits per heavy atom. The van der Waals surface area contributed by atoms with E-state index in [-0.39, 0.29) is 5.38 Å². The zero-order valence-electron chi connectivity index (χ0n) is 9.07. The topological polar surface area (TPSA) is 66.5 Å². The van der Waals surface area contributed by atoms with Gasteiger partial charge in [0.2, 0.25) is 0 Å². The second-order valence-electron chi connectivity index (χ2n) is 3.67. The van der Waals surface area contributed by atoms with E-state index in [4.69, 9.17) is 11.6 Å². The van der Waals surface area contributed by atoms with Gasteiger partial charge in [-0.1, -0.05) is 0 Å². The molecule has 0 fully saturated rings.